The smallest absolute Gasteiger partial charge is 0.319 e. The van der Waals surface area contributed by atoms with Crippen LogP contribution in [0.5, 0.6) is 5.75 Å². The maximum Gasteiger partial charge on any atom is 0.319 e. The minimum atomic E-state index is -0.327. The van der Waals surface area contributed by atoms with E-state index in [-0.39, 0.29) is 23.7 Å². The van der Waals surface area contributed by atoms with Gasteiger partial charge in [0.2, 0.25) is 0 Å². The fourth-order valence-electron chi connectivity index (χ4n) is 2.48. The summed E-state index contributed by atoms with van der Waals surface area (Å²) in [5.74, 6) is 1.33. The lowest BCUT2D eigenvalue weighted by Crippen LogP contribution is -2.26. The highest BCUT2D eigenvalue weighted by Crippen LogP contribution is 2.29. The molecule has 2 aromatic rings. The highest BCUT2D eigenvalue weighted by molar-refractivity contribution is 8.00. The van der Waals surface area contributed by atoms with Crippen molar-refractivity contribution in [3.05, 3.63) is 34.6 Å². The molecule has 1 aromatic carbocycles. The van der Waals surface area contributed by atoms with Crippen LogP contribution in [-0.4, -0.2) is 32.6 Å². The third kappa shape index (κ3) is 5.62. The largest absolute Gasteiger partial charge is 0.486 e. The van der Waals surface area contributed by atoms with Crippen LogP contribution < -0.4 is 4.74 Å². The molecule has 1 aromatic heterocycles. The maximum atomic E-state index is 12.2. The van der Waals surface area contributed by atoms with Gasteiger partial charge in [0, 0.05) is 11.6 Å². The second kappa shape index (κ2) is 9.99. The molecule has 27 heavy (non-hydrogen) atoms. The standard InChI is InChI=1S/C19H26ClN3O3S/c1-6-23-16(11-26-14-8-9-15(20)13(5)10-14)21-22-19(23)27-17(12(3)4)18(24)25-7-2/h8-10,12,17H,6-7,11H2,1-5H3/t17-/m1/s1. The molecule has 0 aliphatic heterocycles. The Bertz CT molecular complexity index is 780. The molecule has 0 amide bonds. The van der Waals surface area contributed by atoms with Crippen LogP contribution >= 0.6 is 23.4 Å². The Morgan fingerprint density at radius 2 is 2.04 bits per heavy atom. The van der Waals surface area contributed by atoms with Crippen molar-refractivity contribution in [1.29, 1.82) is 0 Å². The van der Waals surface area contributed by atoms with Crippen molar-refractivity contribution in [1.82, 2.24) is 14.8 Å². The molecule has 0 radical (unpaired) electrons. The average Bonchev–Trinajstić information content (AvgIpc) is 3.02. The molecule has 1 atom stereocenters. The van der Waals surface area contributed by atoms with Gasteiger partial charge in [-0.1, -0.05) is 37.2 Å². The van der Waals surface area contributed by atoms with Gasteiger partial charge < -0.3 is 14.0 Å². The minimum absolute atomic E-state index is 0.118. The van der Waals surface area contributed by atoms with Gasteiger partial charge in [0.05, 0.1) is 6.61 Å². The van der Waals surface area contributed by atoms with Crippen molar-refractivity contribution in [2.75, 3.05) is 6.61 Å². The Labute approximate surface area is 169 Å². The summed E-state index contributed by atoms with van der Waals surface area (Å²) in [6.07, 6.45) is 0. The molecule has 0 bridgehead atoms. The first-order valence-corrected chi connectivity index (χ1v) is 10.3. The second-order valence-electron chi connectivity index (χ2n) is 6.38. The number of carbonyl (C=O) groups is 1. The number of halogens is 1. The molecule has 0 aliphatic rings. The minimum Gasteiger partial charge on any atom is -0.486 e. The molecule has 8 heteroatoms. The SMILES string of the molecule is CCOC(=O)[C@H](Sc1nnc(COc2ccc(Cl)c(C)c2)n1CC)C(C)C. The summed E-state index contributed by atoms with van der Waals surface area (Å²) in [6, 6.07) is 5.53. The van der Waals surface area contributed by atoms with Crippen LogP contribution in [0.3, 0.4) is 0 Å². The highest BCUT2D eigenvalue weighted by atomic mass is 35.5. The second-order valence-corrected chi connectivity index (χ2v) is 7.89. The average molecular weight is 412 g/mol. The lowest BCUT2D eigenvalue weighted by molar-refractivity contribution is -0.143. The third-order valence-corrected chi connectivity index (χ3v) is 5.89. The topological polar surface area (TPSA) is 66.2 Å². The lowest BCUT2D eigenvalue weighted by Gasteiger charge is -2.18. The molecule has 0 unspecified atom stereocenters. The van der Waals surface area contributed by atoms with Crippen molar-refractivity contribution < 1.29 is 14.3 Å². The van der Waals surface area contributed by atoms with Gasteiger partial charge >= 0.3 is 5.97 Å². The van der Waals surface area contributed by atoms with Gasteiger partial charge in [0.1, 0.15) is 17.6 Å². The molecular formula is C19H26ClN3O3S. The zero-order valence-corrected chi connectivity index (χ0v) is 17.9. The summed E-state index contributed by atoms with van der Waals surface area (Å²) in [4.78, 5) is 12.2. The van der Waals surface area contributed by atoms with Crippen molar-refractivity contribution in [3.8, 4) is 5.75 Å². The first kappa shape index (κ1) is 21.6. The Morgan fingerprint density at radius 3 is 2.63 bits per heavy atom. The molecule has 2 rings (SSSR count). The van der Waals surface area contributed by atoms with E-state index >= 15 is 0 Å². The summed E-state index contributed by atoms with van der Waals surface area (Å²) in [5, 5.41) is 9.58. The normalized spacial score (nSPS) is 12.3. The predicted octanol–water partition coefficient (Wildman–Crippen LogP) is 4.52. The Kier molecular flexibility index (Phi) is 7.98. The number of ether oxygens (including phenoxy) is 2. The molecule has 0 aliphatic carbocycles. The summed E-state index contributed by atoms with van der Waals surface area (Å²) in [6.45, 7) is 11.1. The van der Waals surface area contributed by atoms with E-state index in [0.29, 0.717) is 29.2 Å². The number of nitrogens with zero attached hydrogens (tertiary/aromatic N) is 3. The maximum absolute atomic E-state index is 12.2. The first-order chi connectivity index (χ1) is 12.9. The van der Waals surface area contributed by atoms with E-state index < -0.39 is 0 Å². The van der Waals surface area contributed by atoms with Gasteiger partial charge in [-0.2, -0.15) is 0 Å². The van der Waals surface area contributed by atoms with Crippen LogP contribution in [0.4, 0.5) is 0 Å². The van der Waals surface area contributed by atoms with E-state index in [1.54, 1.807) is 0 Å². The molecule has 0 fully saturated rings. The number of hydrogen-bond donors (Lipinski definition) is 0. The number of aromatic nitrogens is 3. The fraction of sp³-hybridized carbons (Fsp3) is 0.526. The highest BCUT2D eigenvalue weighted by Gasteiger charge is 2.27. The Hall–Kier alpha value is -1.73. The number of carbonyl (C=O) groups excluding carboxylic acids is 1. The van der Waals surface area contributed by atoms with E-state index in [2.05, 4.69) is 10.2 Å². The molecule has 148 valence electrons. The van der Waals surface area contributed by atoms with Crippen LogP contribution in [0.1, 0.15) is 39.1 Å². The molecule has 0 N–H and O–H groups in total. The number of rotatable bonds is 9. The Morgan fingerprint density at radius 1 is 1.30 bits per heavy atom. The number of aryl methyl sites for hydroxylation is 1. The van der Waals surface area contributed by atoms with Crippen LogP contribution in [0, 0.1) is 12.8 Å². The number of hydrogen-bond acceptors (Lipinski definition) is 6. The van der Waals surface area contributed by atoms with Crippen molar-refractivity contribution in [2.45, 2.75) is 58.2 Å². The van der Waals surface area contributed by atoms with E-state index in [0.717, 1.165) is 11.3 Å². The lowest BCUT2D eigenvalue weighted by atomic mass is 10.1. The van der Waals surface area contributed by atoms with Gasteiger partial charge in [0.25, 0.3) is 0 Å². The first-order valence-electron chi connectivity index (χ1n) is 9.01. The van der Waals surface area contributed by atoms with E-state index in [1.807, 2.05) is 57.4 Å². The predicted molar refractivity (Wildman–Crippen MR) is 107 cm³/mol. The fourth-order valence-corrected chi connectivity index (χ4v) is 3.71. The molecule has 0 saturated carbocycles. The zero-order chi connectivity index (χ0) is 20.0. The van der Waals surface area contributed by atoms with E-state index in [4.69, 9.17) is 21.1 Å². The molecule has 0 saturated heterocycles. The van der Waals surface area contributed by atoms with Crippen molar-refractivity contribution >= 4 is 29.3 Å². The van der Waals surface area contributed by atoms with E-state index in [1.165, 1.54) is 11.8 Å². The van der Waals surface area contributed by atoms with Crippen LogP contribution in [0.25, 0.3) is 0 Å². The number of benzene rings is 1. The molecule has 0 spiro atoms. The Balaban J connectivity index is 2.12. The van der Waals surface area contributed by atoms with Crippen LogP contribution in [-0.2, 0) is 22.7 Å². The van der Waals surface area contributed by atoms with Crippen molar-refractivity contribution in [3.63, 3.8) is 0 Å². The van der Waals surface area contributed by atoms with Gasteiger partial charge in [-0.15, -0.1) is 10.2 Å². The monoisotopic (exact) mass is 411 g/mol. The molecular weight excluding hydrogens is 386 g/mol. The van der Waals surface area contributed by atoms with Crippen LogP contribution in [0.2, 0.25) is 5.02 Å². The quantitative estimate of drug-likeness (QED) is 0.446. The number of esters is 1. The third-order valence-electron chi connectivity index (χ3n) is 3.96. The van der Waals surface area contributed by atoms with Gasteiger partial charge in [-0.05, 0) is 50.5 Å². The van der Waals surface area contributed by atoms with E-state index in [9.17, 15) is 4.79 Å². The summed E-state index contributed by atoms with van der Waals surface area (Å²) in [5.41, 5.74) is 0.955. The zero-order valence-electron chi connectivity index (χ0n) is 16.4. The summed E-state index contributed by atoms with van der Waals surface area (Å²) in [7, 11) is 0. The number of thioether (sulfide) groups is 1. The summed E-state index contributed by atoms with van der Waals surface area (Å²) < 4.78 is 13.0. The van der Waals surface area contributed by atoms with Gasteiger partial charge in [-0.25, -0.2) is 0 Å². The summed E-state index contributed by atoms with van der Waals surface area (Å²) >= 11 is 7.43. The molecule has 6 nitrogen and oxygen atoms in total. The van der Waals surface area contributed by atoms with Crippen molar-refractivity contribution in [2.24, 2.45) is 5.92 Å². The van der Waals surface area contributed by atoms with Crippen LogP contribution in [0.15, 0.2) is 23.4 Å². The van der Waals surface area contributed by atoms with Gasteiger partial charge in [-0.3, -0.25) is 4.79 Å². The van der Waals surface area contributed by atoms with Gasteiger partial charge in [0.15, 0.2) is 11.0 Å². The molecule has 1 heterocycles.